The first-order chi connectivity index (χ1) is 12.2. The number of hydrogen-bond donors (Lipinski definition) is 2. The third-order valence-corrected chi connectivity index (χ3v) is 5.03. The molecule has 2 amide bonds. The van der Waals surface area contributed by atoms with Crippen molar-refractivity contribution in [3.63, 3.8) is 0 Å². The molecule has 126 valence electrons. The van der Waals surface area contributed by atoms with Crippen LogP contribution in [0.3, 0.4) is 0 Å². The van der Waals surface area contributed by atoms with E-state index in [2.05, 4.69) is 20.7 Å². The molecule has 1 saturated heterocycles. The number of urea groups is 1. The molecule has 2 atom stereocenters. The zero-order chi connectivity index (χ0) is 17.0. The van der Waals surface area contributed by atoms with Crippen molar-refractivity contribution in [3.8, 4) is 0 Å². The summed E-state index contributed by atoms with van der Waals surface area (Å²) in [5, 5.41) is 14.3. The standard InChI is InChI=1S/C17H15N5O3/c23-14-8-9-7-10-5-6-12(15(9)20-19-14)22(10)17(24)18-16-11-3-1-2-4-13(11)25-21-16/h1-4,8,10,12H,5-7H2,(H,19,23)(H,18,21,24)/t10-,12+/m0/s1. The number of carbonyl (C=O) groups excluding carboxylic acids is 1. The van der Waals surface area contributed by atoms with Crippen LogP contribution in [0.25, 0.3) is 11.0 Å². The van der Waals surface area contributed by atoms with Crippen molar-refractivity contribution in [2.24, 2.45) is 0 Å². The maximum absolute atomic E-state index is 12.9. The SMILES string of the molecule is O=C(Nc1noc2ccccc12)N1[C@H]2CC[C@@H]1c1n[nH]c(=O)cc1C2. The summed E-state index contributed by atoms with van der Waals surface area (Å²) in [7, 11) is 0. The number of fused-ring (bicyclic) bond motifs is 5. The van der Waals surface area contributed by atoms with E-state index in [1.165, 1.54) is 0 Å². The van der Waals surface area contributed by atoms with Crippen molar-refractivity contribution in [1.29, 1.82) is 0 Å². The zero-order valence-electron chi connectivity index (χ0n) is 13.2. The maximum Gasteiger partial charge on any atom is 0.323 e. The van der Waals surface area contributed by atoms with Gasteiger partial charge in [0.05, 0.1) is 17.1 Å². The summed E-state index contributed by atoms with van der Waals surface area (Å²) in [6.07, 6.45) is 2.38. The van der Waals surface area contributed by atoms with Crippen LogP contribution in [-0.4, -0.2) is 32.3 Å². The van der Waals surface area contributed by atoms with E-state index in [9.17, 15) is 9.59 Å². The molecule has 2 bridgehead atoms. The van der Waals surface area contributed by atoms with E-state index < -0.39 is 0 Å². The molecular formula is C17H15N5O3. The highest BCUT2D eigenvalue weighted by atomic mass is 16.5. The third-order valence-electron chi connectivity index (χ3n) is 5.03. The van der Waals surface area contributed by atoms with Gasteiger partial charge in [-0.15, -0.1) is 0 Å². The van der Waals surface area contributed by atoms with Gasteiger partial charge >= 0.3 is 6.03 Å². The quantitative estimate of drug-likeness (QED) is 0.708. The molecule has 5 rings (SSSR count). The molecule has 8 nitrogen and oxygen atoms in total. The van der Waals surface area contributed by atoms with Gasteiger partial charge < -0.3 is 9.42 Å². The van der Waals surface area contributed by atoms with Gasteiger partial charge in [0.15, 0.2) is 11.4 Å². The number of hydrogen-bond acceptors (Lipinski definition) is 5. The summed E-state index contributed by atoms with van der Waals surface area (Å²) >= 11 is 0. The first-order valence-corrected chi connectivity index (χ1v) is 8.23. The number of H-pyrrole nitrogens is 1. The normalized spacial score (nSPS) is 21.4. The number of nitrogens with one attached hydrogen (secondary N) is 2. The number of aromatic amines is 1. The smallest absolute Gasteiger partial charge is 0.323 e. The average molecular weight is 337 g/mol. The number of amides is 2. The van der Waals surface area contributed by atoms with Crippen molar-refractivity contribution < 1.29 is 9.32 Å². The lowest BCUT2D eigenvalue weighted by atomic mass is 9.99. The van der Waals surface area contributed by atoms with Crippen LogP contribution in [0.15, 0.2) is 39.6 Å². The van der Waals surface area contributed by atoms with Gasteiger partial charge in [0.1, 0.15) is 0 Å². The minimum absolute atomic E-state index is 0.0688. The Morgan fingerprint density at radius 3 is 3.12 bits per heavy atom. The number of benzene rings is 1. The number of nitrogens with zero attached hydrogens (tertiary/aromatic N) is 3. The number of aromatic nitrogens is 3. The van der Waals surface area contributed by atoms with Crippen LogP contribution in [0.2, 0.25) is 0 Å². The molecule has 0 spiro atoms. The molecule has 0 radical (unpaired) electrons. The zero-order valence-corrected chi connectivity index (χ0v) is 13.2. The first-order valence-electron chi connectivity index (χ1n) is 8.23. The molecule has 2 aromatic heterocycles. The van der Waals surface area contributed by atoms with Gasteiger partial charge in [-0.2, -0.15) is 5.10 Å². The average Bonchev–Trinajstić information content (AvgIpc) is 3.16. The van der Waals surface area contributed by atoms with Gasteiger partial charge in [-0.3, -0.25) is 10.1 Å². The Labute approximate surface area is 141 Å². The van der Waals surface area contributed by atoms with E-state index in [-0.39, 0.29) is 23.7 Å². The van der Waals surface area contributed by atoms with Crippen molar-refractivity contribution in [1.82, 2.24) is 20.3 Å². The minimum Gasteiger partial charge on any atom is -0.354 e. The monoisotopic (exact) mass is 337 g/mol. The molecule has 3 aromatic rings. The van der Waals surface area contributed by atoms with Crippen molar-refractivity contribution in [2.75, 3.05) is 5.32 Å². The lowest BCUT2D eigenvalue weighted by Gasteiger charge is -2.34. The summed E-state index contributed by atoms with van der Waals surface area (Å²) in [5.41, 5.74) is 2.15. The Morgan fingerprint density at radius 1 is 1.32 bits per heavy atom. The van der Waals surface area contributed by atoms with E-state index in [4.69, 9.17) is 4.52 Å². The van der Waals surface area contributed by atoms with Gasteiger partial charge in [-0.1, -0.05) is 17.3 Å². The molecule has 1 aromatic carbocycles. The molecular weight excluding hydrogens is 322 g/mol. The number of rotatable bonds is 1. The van der Waals surface area contributed by atoms with E-state index in [1.807, 2.05) is 23.1 Å². The molecule has 8 heteroatoms. The van der Waals surface area contributed by atoms with Crippen molar-refractivity contribution in [3.05, 3.63) is 51.9 Å². The van der Waals surface area contributed by atoms with Crippen molar-refractivity contribution >= 4 is 22.8 Å². The number of anilines is 1. The fourth-order valence-electron chi connectivity index (χ4n) is 3.96. The van der Waals surface area contributed by atoms with Crippen LogP contribution in [-0.2, 0) is 6.42 Å². The van der Waals surface area contributed by atoms with Gasteiger partial charge in [0.25, 0.3) is 5.56 Å². The van der Waals surface area contributed by atoms with Crippen molar-refractivity contribution in [2.45, 2.75) is 31.3 Å². The lowest BCUT2D eigenvalue weighted by Crippen LogP contribution is -2.45. The highest BCUT2D eigenvalue weighted by molar-refractivity contribution is 5.98. The highest BCUT2D eigenvalue weighted by Gasteiger charge is 2.44. The highest BCUT2D eigenvalue weighted by Crippen LogP contribution is 2.42. The Hall–Kier alpha value is -3.16. The van der Waals surface area contributed by atoms with Crippen LogP contribution in [0, 0.1) is 0 Å². The van der Waals surface area contributed by atoms with E-state index in [1.54, 1.807) is 12.1 Å². The maximum atomic E-state index is 12.9. The van der Waals surface area contributed by atoms with E-state index in [0.717, 1.165) is 29.5 Å². The molecule has 4 heterocycles. The topological polar surface area (TPSA) is 104 Å². The molecule has 25 heavy (non-hydrogen) atoms. The summed E-state index contributed by atoms with van der Waals surface area (Å²) in [5.74, 6) is 0.417. The Morgan fingerprint density at radius 2 is 2.20 bits per heavy atom. The summed E-state index contributed by atoms with van der Waals surface area (Å²) in [6, 6.07) is 8.71. The molecule has 2 N–H and O–H groups in total. The molecule has 2 aliphatic rings. The predicted molar refractivity (Wildman–Crippen MR) is 89.2 cm³/mol. The van der Waals surface area contributed by atoms with Crippen LogP contribution < -0.4 is 10.9 Å². The molecule has 1 fully saturated rings. The third kappa shape index (κ3) is 2.14. The fourth-order valence-corrected chi connectivity index (χ4v) is 3.96. The van der Waals surface area contributed by atoms with Gasteiger partial charge in [-0.25, -0.2) is 9.89 Å². The number of para-hydroxylation sites is 1. The van der Waals surface area contributed by atoms with Gasteiger partial charge in [0, 0.05) is 12.1 Å². The van der Waals surface area contributed by atoms with Crippen LogP contribution >= 0.6 is 0 Å². The van der Waals surface area contributed by atoms with Gasteiger partial charge in [-0.05, 0) is 37.0 Å². The molecule has 0 saturated carbocycles. The number of carbonyl (C=O) groups is 1. The molecule has 2 aliphatic heterocycles. The second-order valence-corrected chi connectivity index (χ2v) is 6.46. The summed E-state index contributed by atoms with van der Waals surface area (Å²) in [4.78, 5) is 26.2. The second-order valence-electron chi connectivity index (χ2n) is 6.46. The Bertz CT molecular complexity index is 1040. The van der Waals surface area contributed by atoms with Crippen LogP contribution in [0.4, 0.5) is 10.6 Å². The van der Waals surface area contributed by atoms with Crippen LogP contribution in [0.5, 0.6) is 0 Å². The summed E-state index contributed by atoms with van der Waals surface area (Å²) < 4.78 is 5.24. The molecule has 0 unspecified atom stereocenters. The largest absolute Gasteiger partial charge is 0.354 e. The van der Waals surface area contributed by atoms with Gasteiger partial charge in [0.2, 0.25) is 0 Å². The first kappa shape index (κ1) is 14.2. The van der Waals surface area contributed by atoms with Crippen LogP contribution in [0.1, 0.15) is 30.1 Å². The lowest BCUT2D eigenvalue weighted by molar-refractivity contribution is 0.177. The predicted octanol–water partition coefficient (Wildman–Crippen LogP) is 2.20. The van der Waals surface area contributed by atoms with E-state index >= 15 is 0 Å². The fraction of sp³-hybridized carbons (Fsp3) is 0.294. The minimum atomic E-state index is -0.217. The Kier molecular flexibility index (Phi) is 2.94. The molecule has 0 aliphatic carbocycles. The second kappa shape index (κ2) is 5.17. The van der Waals surface area contributed by atoms with E-state index in [0.29, 0.717) is 17.8 Å². The Balaban J connectivity index is 1.46. The summed E-state index contributed by atoms with van der Waals surface area (Å²) in [6.45, 7) is 0.